The minimum absolute atomic E-state index is 1.20. The first-order valence-corrected chi connectivity index (χ1v) is 5.72. The molecule has 0 unspecified atom stereocenters. The summed E-state index contributed by atoms with van der Waals surface area (Å²) < 4.78 is 0. The van der Waals surface area contributed by atoms with Gasteiger partial charge in [0.15, 0.2) is 0 Å². The van der Waals surface area contributed by atoms with Gasteiger partial charge in [-0.2, -0.15) is 0 Å². The Morgan fingerprint density at radius 2 is 1.54 bits per heavy atom. The topological polar surface area (TPSA) is 0 Å². The van der Waals surface area contributed by atoms with Crippen LogP contribution in [0.4, 0.5) is 0 Å². The lowest BCUT2D eigenvalue weighted by molar-refractivity contribution is 0.622. The summed E-state index contributed by atoms with van der Waals surface area (Å²) in [6, 6.07) is 0. The quantitative estimate of drug-likeness (QED) is 0.376. The zero-order valence-corrected chi connectivity index (χ0v) is 8.73. The van der Waals surface area contributed by atoms with Crippen LogP contribution < -0.4 is 0 Å². The third-order valence-corrected chi connectivity index (χ3v) is 2.58. The zero-order valence-electron chi connectivity index (χ0n) is 8.73. The van der Waals surface area contributed by atoms with E-state index in [1.165, 1.54) is 57.8 Å². The van der Waals surface area contributed by atoms with E-state index < -0.39 is 0 Å². The zero-order chi connectivity index (χ0) is 9.36. The summed E-state index contributed by atoms with van der Waals surface area (Å²) in [5, 5.41) is 0. The maximum absolute atomic E-state index is 3.73. The predicted octanol–water partition coefficient (Wildman–Crippen LogP) is 4.62. The minimum Gasteiger partial charge on any atom is -0.103 e. The highest BCUT2D eigenvalue weighted by molar-refractivity contribution is 5.15. The van der Waals surface area contributed by atoms with Crippen molar-refractivity contribution in [3.63, 3.8) is 0 Å². The Balaban J connectivity index is 1.73. The molecule has 0 N–H and O–H groups in total. The molecule has 0 aromatic heterocycles. The summed E-state index contributed by atoms with van der Waals surface area (Å²) in [4.78, 5) is 0. The molecule has 0 aromatic rings. The maximum Gasteiger partial charge on any atom is -0.0283 e. The fraction of sp³-hybridized carbons (Fsp3) is 0.692. The van der Waals surface area contributed by atoms with E-state index >= 15 is 0 Å². The molecule has 1 saturated carbocycles. The molecule has 1 rings (SSSR count). The van der Waals surface area contributed by atoms with Gasteiger partial charge in [-0.15, -0.1) is 6.58 Å². The number of allylic oxidation sites excluding steroid dienone is 3. The van der Waals surface area contributed by atoms with E-state index in [9.17, 15) is 0 Å². The SMILES string of the molecule is C=CCCCCCCCC=C1CC1. The van der Waals surface area contributed by atoms with Gasteiger partial charge in [0.1, 0.15) is 0 Å². The number of rotatable bonds is 8. The molecule has 0 saturated heterocycles. The van der Waals surface area contributed by atoms with E-state index in [4.69, 9.17) is 0 Å². The highest BCUT2D eigenvalue weighted by Crippen LogP contribution is 2.28. The molecule has 0 nitrogen and oxygen atoms in total. The smallest absolute Gasteiger partial charge is 0.0283 e. The molecular weight excluding hydrogens is 156 g/mol. The molecule has 1 fully saturated rings. The molecule has 0 radical (unpaired) electrons. The lowest BCUT2D eigenvalue weighted by atomic mass is 10.1. The highest BCUT2D eigenvalue weighted by Gasteiger charge is 2.08. The molecule has 13 heavy (non-hydrogen) atoms. The molecule has 0 bridgehead atoms. The third-order valence-electron chi connectivity index (χ3n) is 2.58. The van der Waals surface area contributed by atoms with Crippen LogP contribution in [0.25, 0.3) is 0 Å². The van der Waals surface area contributed by atoms with Gasteiger partial charge in [-0.1, -0.05) is 37.0 Å². The summed E-state index contributed by atoms with van der Waals surface area (Å²) in [6.07, 6.45) is 16.7. The minimum atomic E-state index is 1.20. The van der Waals surface area contributed by atoms with Crippen LogP contribution in [0.15, 0.2) is 24.3 Å². The van der Waals surface area contributed by atoms with Crippen LogP contribution in [-0.2, 0) is 0 Å². The fourth-order valence-corrected chi connectivity index (χ4v) is 1.55. The Morgan fingerprint density at radius 1 is 0.923 bits per heavy atom. The molecule has 0 aliphatic heterocycles. The van der Waals surface area contributed by atoms with Gasteiger partial charge in [-0.05, 0) is 38.5 Å². The van der Waals surface area contributed by atoms with Gasteiger partial charge in [0.25, 0.3) is 0 Å². The van der Waals surface area contributed by atoms with Crippen molar-refractivity contribution in [2.45, 2.75) is 57.8 Å². The van der Waals surface area contributed by atoms with Gasteiger partial charge in [0.2, 0.25) is 0 Å². The monoisotopic (exact) mass is 178 g/mol. The molecule has 0 spiro atoms. The van der Waals surface area contributed by atoms with E-state index in [1.54, 1.807) is 5.57 Å². The molecule has 74 valence electrons. The average molecular weight is 178 g/mol. The van der Waals surface area contributed by atoms with Gasteiger partial charge >= 0.3 is 0 Å². The van der Waals surface area contributed by atoms with E-state index in [-0.39, 0.29) is 0 Å². The van der Waals surface area contributed by atoms with Crippen molar-refractivity contribution in [3.05, 3.63) is 24.3 Å². The Hall–Kier alpha value is -0.520. The Labute approximate surface area is 82.7 Å². The predicted molar refractivity (Wildman–Crippen MR) is 59.8 cm³/mol. The van der Waals surface area contributed by atoms with Gasteiger partial charge in [0, 0.05) is 0 Å². The third kappa shape index (κ3) is 6.62. The average Bonchev–Trinajstić information content (AvgIpc) is 2.93. The summed E-state index contributed by atoms with van der Waals surface area (Å²) in [6.45, 7) is 3.73. The second-order valence-corrected chi connectivity index (χ2v) is 4.00. The van der Waals surface area contributed by atoms with Crippen molar-refractivity contribution in [3.8, 4) is 0 Å². The maximum atomic E-state index is 3.73. The van der Waals surface area contributed by atoms with E-state index in [1.807, 2.05) is 6.08 Å². The largest absolute Gasteiger partial charge is 0.103 e. The molecular formula is C13H22. The molecule has 1 aliphatic rings. The molecule has 0 atom stereocenters. The van der Waals surface area contributed by atoms with Crippen LogP contribution in [0, 0.1) is 0 Å². The van der Waals surface area contributed by atoms with Crippen molar-refractivity contribution in [1.29, 1.82) is 0 Å². The number of hydrogen-bond donors (Lipinski definition) is 0. The van der Waals surface area contributed by atoms with Crippen LogP contribution in [0.5, 0.6) is 0 Å². The molecule has 1 aliphatic carbocycles. The summed E-state index contributed by atoms with van der Waals surface area (Å²) in [7, 11) is 0. The fourth-order valence-electron chi connectivity index (χ4n) is 1.55. The van der Waals surface area contributed by atoms with Crippen LogP contribution in [0.1, 0.15) is 57.8 Å². The second kappa shape index (κ2) is 6.94. The Kier molecular flexibility index (Phi) is 5.64. The number of hydrogen-bond acceptors (Lipinski definition) is 0. The lowest BCUT2D eigenvalue weighted by Gasteiger charge is -1.97. The second-order valence-electron chi connectivity index (χ2n) is 4.00. The van der Waals surface area contributed by atoms with Crippen molar-refractivity contribution in [2.24, 2.45) is 0 Å². The molecule has 0 aromatic carbocycles. The molecule has 0 amide bonds. The molecule has 0 heterocycles. The Morgan fingerprint density at radius 3 is 2.15 bits per heavy atom. The first kappa shape index (κ1) is 10.6. The van der Waals surface area contributed by atoms with Crippen molar-refractivity contribution < 1.29 is 0 Å². The standard InChI is InChI=1S/C13H22/c1-2-3-4-5-6-7-8-9-10-13-11-12-13/h2,10H,1,3-9,11-12H2. The van der Waals surface area contributed by atoms with E-state index in [0.29, 0.717) is 0 Å². The van der Waals surface area contributed by atoms with Crippen LogP contribution in [0.2, 0.25) is 0 Å². The van der Waals surface area contributed by atoms with Gasteiger partial charge in [0.05, 0.1) is 0 Å². The highest BCUT2D eigenvalue weighted by atomic mass is 14.1. The van der Waals surface area contributed by atoms with E-state index in [0.717, 1.165) is 0 Å². The van der Waals surface area contributed by atoms with Crippen LogP contribution in [-0.4, -0.2) is 0 Å². The summed E-state index contributed by atoms with van der Waals surface area (Å²) >= 11 is 0. The first-order valence-electron chi connectivity index (χ1n) is 5.72. The normalized spacial score (nSPS) is 14.3. The number of unbranched alkanes of at least 4 members (excludes halogenated alkanes) is 6. The van der Waals surface area contributed by atoms with Crippen molar-refractivity contribution in [1.82, 2.24) is 0 Å². The van der Waals surface area contributed by atoms with E-state index in [2.05, 4.69) is 12.7 Å². The van der Waals surface area contributed by atoms with Crippen LogP contribution in [0.3, 0.4) is 0 Å². The summed E-state index contributed by atoms with van der Waals surface area (Å²) in [5.41, 5.74) is 1.70. The first-order chi connectivity index (χ1) is 6.43. The molecule has 0 heteroatoms. The van der Waals surface area contributed by atoms with Crippen molar-refractivity contribution in [2.75, 3.05) is 0 Å². The summed E-state index contributed by atoms with van der Waals surface area (Å²) in [5.74, 6) is 0. The van der Waals surface area contributed by atoms with Gasteiger partial charge in [-0.25, -0.2) is 0 Å². The lowest BCUT2D eigenvalue weighted by Crippen LogP contribution is -1.77. The van der Waals surface area contributed by atoms with Gasteiger partial charge in [-0.3, -0.25) is 0 Å². The van der Waals surface area contributed by atoms with Crippen molar-refractivity contribution >= 4 is 0 Å². The Bertz CT molecular complexity index is 159. The van der Waals surface area contributed by atoms with Crippen LogP contribution >= 0.6 is 0 Å². The van der Waals surface area contributed by atoms with Gasteiger partial charge < -0.3 is 0 Å².